The molecule has 26 heavy (non-hydrogen) atoms. The molecule has 5 nitrogen and oxygen atoms in total. The van der Waals surface area contributed by atoms with Crippen molar-refractivity contribution in [3.8, 4) is 10.6 Å². The van der Waals surface area contributed by atoms with Crippen molar-refractivity contribution in [3.63, 3.8) is 0 Å². The minimum atomic E-state index is -0.0703. The van der Waals surface area contributed by atoms with Crippen LogP contribution in [-0.2, 0) is 4.79 Å². The van der Waals surface area contributed by atoms with Crippen molar-refractivity contribution in [2.75, 3.05) is 11.1 Å². The van der Waals surface area contributed by atoms with Crippen LogP contribution in [0.5, 0.6) is 0 Å². The molecule has 3 heterocycles. The maximum atomic E-state index is 12.2. The molecular formula is C18H13BrN4OS2. The normalized spacial score (nSPS) is 11.0. The number of thioether (sulfide) groups is 1. The zero-order chi connectivity index (χ0) is 17.9. The summed E-state index contributed by atoms with van der Waals surface area (Å²) in [5, 5.41) is 10.3. The van der Waals surface area contributed by atoms with Crippen molar-refractivity contribution >= 4 is 56.1 Å². The molecule has 0 saturated heterocycles. The molecule has 0 fully saturated rings. The van der Waals surface area contributed by atoms with Gasteiger partial charge in [0.15, 0.2) is 0 Å². The number of carbonyl (C=O) groups excluding carboxylic acids is 1. The molecule has 130 valence electrons. The number of benzene rings is 1. The number of carbonyl (C=O) groups is 1. The predicted octanol–water partition coefficient (Wildman–Crippen LogP) is 4.95. The highest BCUT2D eigenvalue weighted by molar-refractivity contribution is 9.10. The van der Waals surface area contributed by atoms with E-state index in [1.807, 2.05) is 54.0 Å². The molecule has 4 aromatic rings. The quantitative estimate of drug-likeness (QED) is 0.442. The highest BCUT2D eigenvalue weighted by Gasteiger charge is 2.12. The van der Waals surface area contributed by atoms with E-state index in [-0.39, 0.29) is 11.7 Å². The molecule has 1 amide bonds. The molecule has 3 aromatic heterocycles. The number of fused-ring (bicyclic) bond motifs is 1. The summed E-state index contributed by atoms with van der Waals surface area (Å²) in [6.07, 6.45) is 3.52. The van der Waals surface area contributed by atoms with E-state index in [0.29, 0.717) is 0 Å². The number of rotatable bonds is 5. The number of nitrogens with one attached hydrogen (secondary N) is 1. The lowest BCUT2D eigenvalue weighted by Gasteiger charge is -2.05. The Bertz CT molecular complexity index is 1040. The Morgan fingerprint density at radius 2 is 2.12 bits per heavy atom. The third kappa shape index (κ3) is 3.82. The first-order valence-electron chi connectivity index (χ1n) is 7.75. The Kier molecular flexibility index (Phi) is 5.05. The van der Waals surface area contributed by atoms with Gasteiger partial charge in [0.25, 0.3) is 0 Å². The molecule has 8 heteroatoms. The van der Waals surface area contributed by atoms with E-state index < -0.39 is 0 Å². The second-order valence-electron chi connectivity index (χ2n) is 5.41. The van der Waals surface area contributed by atoms with Gasteiger partial charge >= 0.3 is 0 Å². The first-order valence-corrected chi connectivity index (χ1v) is 10.4. The van der Waals surface area contributed by atoms with Crippen molar-refractivity contribution in [3.05, 3.63) is 64.7 Å². The smallest absolute Gasteiger partial charge is 0.234 e. The summed E-state index contributed by atoms with van der Waals surface area (Å²) in [6, 6.07) is 13.6. The number of nitrogens with zero attached hydrogens (tertiary/aromatic N) is 3. The van der Waals surface area contributed by atoms with Crippen LogP contribution in [0.3, 0.4) is 0 Å². The van der Waals surface area contributed by atoms with Crippen LogP contribution < -0.4 is 5.32 Å². The fourth-order valence-corrected chi connectivity index (χ4v) is 4.14. The van der Waals surface area contributed by atoms with Crippen LogP contribution in [0.1, 0.15) is 0 Å². The Balaban J connectivity index is 1.48. The van der Waals surface area contributed by atoms with Crippen molar-refractivity contribution in [1.82, 2.24) is 14.6 Å². The van der Waals surface area contributed by atoms with E-state index >= 15 is 0 Å². The van der Waals surface area contributed by atoms with E-state index in [9.17, 15) is 4.79 Å². The van der Waals surface area contributed by atoms with Gasteiger partial charge in [0.1, 0.15) is 10.7 Å². The van der Waals surface area contributed by atoms with Gasteiger partial charge in [0, 0.05) is 22.6 Å². The molecule has 0 unspecified atom stereocenters. The predicted molar refractivity (Wildman–Crippen MR) is 110 cm³/mol. The maximum Gasteiger partial charge on any atom is 0.234 e. The first-order chi connectivity index (χ1) is 12.7. The summed E-state index contributed by atoms with van der Waals surface area (Å²) in [5.41, 5.74) is 2.58. The Labute approximate surface area is 166 Å². The molecular weight excluding hydrogens is 432 g/mol. The number of hydrogen-bond donors (Lipinski definition) is 1. The lowest BCUT2D eigenvalue weighted by molar-refractivity contribution is -0.113. The Morgan fingerprint density at radius 3 is 2.88 bits per heavy atom. The van der Waals surface area contributed by atoms with Crippen LogP contribution in [0.15, 0.2) is 69.7 Å². The van der Waals surface area contributed by atoms with Gasteiger partial charge in [-0.15, -0.1) is 11.3 Å². The highest BCUT2D eigenvalue weighted by Crippen LogP contribution is 2.28. The summed E-state index contributed by atoms with van der Waals surface area (Å²) in [4.78, 5) is 17.7. The van der Waals surface area contributed by atoms with Crippen molar-refractivity contribution in [1.29, 1.82) is 0 Å². The zero-order valence-electron chi connectivity index (χ0n) is 13.4. The molecule has 0 radical (unpaired) electrons. The van der Waals surface area contributed by atoms with Crippen LogP contribution in [-0.4, -0.2) is 26.3 Å². The van der Waals surface area contributed by atoms with Crippen molar-refractivity contribution < 1.29 is 4.79 Å². The zero-order valence-corrected chi connectivity index (χ0v) is 16.6. The van der Waals surface area contributed by atoms with Gasteiger partial charge in [0.05, 0.1) is 16.1 Å². The summed E-state index contributed by atoms with van der Waals surface area (Å²) < 4.78 is 2.78. The van der Waals surface area contributed by atoms with Crippen LogP contribution in [0, 0.1) is 0 Å². The van der Waals surface area contributed by atoms with Crippen LogP contribution in [0.4, 0.5) is 5.69 Å². The lowest BCUT2D eigenvalue weighted by Crippen LogP contribution is -2.14. The van der Waals surface area contributed by atoms with Gasteiger partial charge in [-0.3, -0.25) is 4.79 Å². The van der Waals surface area contributed by atoms with Crippen LogP contribution in [0.25, 0.3) is 16.1 Å². The van der Waals surface area contributed by atoms with Crippen LogP contribution >= 0.6 is 39.0 Å². The third-order valence-corrected chi connectivity index (χ3v) is 6.01. The molecule has 0 aliphatic carbocycles. The van der Waals surface area contributed by atoms with Gasteiger partial charge in [-0.1, -0.05) is 33.8 Å². The number of hydrogen-bond acceptors (Lipinski definition) is 5. The summed E-state index contributed by atoms with van der Waals surface area (Å²) in [6.45, 7) is 0. The van der Waals surface area contributed by atoms with Gasteiger partial charge < -0.3 is 5.32 Å². The average molecular weight is 445 g/mol. The summed E-state index contributed by atoms with van der Waals surface area (Å²) >= 11 is 6.43. The number of aromatic nitrogens is 3. The minimum absolute atomic E-state index is 0.0703. The first kappa shape index (κ1) is 17.3. The van der Waals surface area contributed by atoms with Crippen molar-refractivity contribution in [2.24, 2.45) is 0 Å². The molecule has 0 spiro atoms. The van der Waals surface area contributed by atoms with E-state index in [1.54, 1.807) is 22.0 Å². The molecule has 1 aromatic carbocycles. The molecule has 0 saturated carbocycles. The fourth-order valence-electron chi connectivity index (χ4n) is 2.42. The topological polar surface area (TPSA) is 59.3 Å². The maximum absolute atomic E-state index is 12.2. The Morgan fingerprint density at radius 1 is 1.27 bits per heavy atom. The van der Waals surface area contributed by atoms with Gasteiger partial charge in [-0.2, -0.15) is 5.10 Å². The van der Waals surface area contributed by atoms with Gasteiger partial charge in [-0.25, -0.2) is 9.50 Å². The molecule has 0 bridgehead atoms. The average Bonchev–Trinajstić information content (AvgIpc) is 3.31. The monoisotopic (exact) mass is 444 g/mol. The molecule has 1 N–H and O–H groups in total. The second kappa shape index (κ2) is 7.61. The molecule has 0 aliphatic heterocycles. The number of thiophene rings is 1. The molecule has 4 rings (SSSR count). The second-order valence-corrected chi connectivity index (χ2v) is 8.24. The van der Waals surface area contributed by atoms with E-state index in [1.165, 1.54) is 11.8 Å². The van der Waals surface area contributed by atoms with Crippen LogP contribution in [0.2, 0.25) is 0 Å². The number of amides is 1. The van der Waals surface area contributed by atoms with Crippen molar-refractivity contribution in [2.45, 2.75) is 5.03 Å². The van der Waals surface area contributed by atoms with E-state index in [2.05, 4.69) is 31.3 Å². The summed E-state index contributed by atoms with van der Waals surface area (Å²) in [5.74, 6) is 0.210. The largest absolute Gasteiger partial charge is 0.325 e. The standard InChI is InChI=1S/C18H13BrN4OS2/c19-12-3-5-13(6-4-12)21-17(24)11-26-18-15-10-14(16-2-1-9-25-16)22-23(15)8-7-20-18/h1-10H,11H2,(H,21,24). The molecule has 0 atom stereocenters. The van der Waals surface area contributed by atoms with Gasteiger partial charge in [0.2, 0.25) is 5.91 Å². The SMILES string of the molecule is O=C(CSc1nccn2nc(-c3cccs3)cc12)Nc1ccc(Br)cc1. The number of halogens is 1. The van der Waals surface area contributed by atoms with E-state index in [4.69, 9.17) is 0 Å². The summed E-state index contributed by atoms with van der Waals surface area (Å²) in [7, 11) is 0. The molecule has 0 aliphatic rings. The Hall–Kier alpha value is -2.16. The highest BCUT2D eigenvalue weighted by atomic mass is 79.9. The number of anilines is 1. The van der Waals surface area contributed by atoms with E-state index in [0.717, 1.165) is 31.3 Å². The minimum Gasteiger partial charge on any atom is -0.325 e. The van der Waals surface area contributed by atoms with Gasteiger partial charge in [-0.05, 0) is 41.8 Å². The fraction of sp³-hybridized carbons (Fsp3) is 0.0556. The third-order valence-electron chi connectivity index (χ3n) is 3.60. The lowest BCUT2D eigenvalue weighted by atomic mass is 10.3.